The van der Waals surface area contributed by atoms with Gasteiger partial charge in [-0.25, -0.2) is 0 Å². The summed E-state index contributed by atoms with van der Waals surface area (Å²) in [5, 5.41) is 0.450. The van der Waals surface area contributed by atoms with Crippen molar-refractivity contribution in [3.8, 4) is 0 Å². The minimum absolute atomic E-state index is 0.351. The summed E-state index contributed by atoms with van der Waals surface area (Å²) >= 11 is 1.66. The lowest BCUT2D eigenvalue weighted by atomic mass is 10.3. The van der Waals surface area contributed by atoms with Gasteiger partial charge in [0.05, 0.1) is 7.11 Å². The standard InChI is InChI=1S/C9H19NO3S/c1-7(4-5-12-2)14-6-8(10)9(11)13-3/h7-8H,4-6,10H2,1-3H3. The SMILES string of the molecule is COCCC(C)SCC(N)C(=O)OC. The van der Waals surface area contributed by atoms with Gasteiger partial charge in [0.15, 0.2) is 0 Å². The molecule has 14 heavy (non-hydrogen) atoms. The molecular formula is C9H19NO3S. The van der Waals surface area contributed by atoms with Gasteiger partial charge >= 0.3 is 5.97 Å². The predicted octanol–water partition coefficient (Wildman–Crippen LogP) is 0.645. The van der Waals surface area contributed by atoms with Crippen molar-refractivity contribution in [1.29, 1.82) is 0 Å². The summed E-state index contributed by atoms with van der Waals surface area (Å²) in [6.07, 6.45) is 0.967. The van der Waals surface area contributed by atoms with Gasteiger partial charge in [-0.15, -0.1) is 0 Å². The zero-order chi connectivity index (χ0) is 11.0. The lowest BCUT2D eigenvalue weighted by molar-refractivity contribution is -0.141. The second kappa shape index (κ2) is 8.08. The molecule has 2 atom stereocenters. The Morgan fingerprint density at radius 2 is 2.14 bits per heavy atom. The first-order valence-corrected chi connectivity index (χ1v) is 5.60. The van der Waals surface area contributed by atoms with E-state index in [1.54, 1.807) is 18.9 Å². The van der Waals surface area contributed by atoms with E-state index in [9.17, 15) is 4.79 Å². The minimum atomic E-state index is -0.519. The van der Waals surface area contributed by atoms with Crippen molar-refractivity contribution in [1.82, 2.24) is 0 Å². The molecule has 0 fully saturated rings. The highest BCUT2D eigenvalue weighted by Gasteiger charge is 2.14. The number of thioether (sulfide) groups is 1. The highest BCUT2D eigenvalue weighted by molar-refractivity contribution is 7.99. The Bertz CT molecular complexity index is 166. The van der Waals surface area contributed by atoms with Crippen LogP contribution in [0.1, 0.15) is 13.3 Å². The molecule has 0 aromatic rings. The van der Waals surface area contributed by atoms with E-state index in [4.69, 9.17) is 10.5 Å². The largest absolute Gasteiger partial charge is 0.468 e. The maximum absolute atomic E-state index is 11.0. The summed E-state index contributed by atoms with van der Waals surface area (Å²) in [6, 6.07) is -0.519. The molecule has 0 aromatic carbocycles. The molecule has 0 aliphatic rings. The van der Waals surface area contributed by atoms with Crippen LogP contribution in [0.25, 0.3) is 0 Å². The summed E-state index contributed by atoms with van der Waals surface area (Å²) in [4.78, 5) is 11.0. The molecule has 0 saturated carbocycles. The number of rotatable bonds is 7. The monoisotopic (exact) mass is 221 g/mol. The third-order valence-electron chi connectivity index (χ3n) is 1.79. The Balaban J connectivity index is 3.55. The highest BCUT2D eigenvalue weighted by atomic mass is 32.2. The Morgan fingerprint density at radius 1 is 1.50 bits per heavy atom. The van der Waals surface area contributed by atoms with Crippen molar-refractivity contribution < 1.29 is 14.3 Å². The fourth-order valence-corrected chi connectivity index (χ4v) is 1.79. The van der Waals surface area contributed by atoms with Gasteiger partial charge in [-0.2, -0.15) is 11.8 Å². The van der Waals surface area contributed by atoms with E-state index in [2.05, 4.69) is 11.7 Å². The highest BCUT2D eigenvalue weighted by Crippen LogP contribution is 2.14. The zero-order valence-corrected chi connectivity index (χ0v) is 9.80. The summed E-state index contributed by atoms with van der Waals surface area (Å²) in [7, 11) is 3.03. The van der Waals surface area contributed by atoms with Gasteiger partial charge in [0.1, 0.15) is 6.04 Å². The quantitative estimate of drug-likeness (QED) is 0.639. The summed E-state index contributed by atoms with van der Waals surface area (Å²) in [5.74, 6) is 0.244. The van der Waals surface area contributed by atoms with Gasteiger partial charge in [-0.05, 0) is 6.42 Å². The molecule has 0 aliphatic carbocycles. The summed E-state index contributed by atoms with van der Waals surface area (Å²) < 4.78 is 9.48. The molecule has 84 valence electrons. The Labute approximate surface area is 89.5 Å². The number of esters is 1. The number of nitrogens with two attached hydrogens (primary N) is 1. The molecule has 5 heteroatoms. The molecule has 0 bridgehead atoms. The van der Waals surface area contributed by atoms with E-state index in [0.717, 1.165) is 13.0 Å². The predicted molar refractivity (Wildman–Crippen MR) is 58.4 cm³/mol. The molecule has 0 radical (unpaired) electrons. The van der Waals surface area contributed by atoms with Gasteiger partial charge in [0.2, 0.25) is 0 Å². The molecule has 0 aliphatic heterocycles. The molecule has 4 nitrogen and oxygen atoms in total. The fourth-order valence-electron chi connectivity index (χ4n) is 0.854. The lowest BCUT2D eigenvalue weighted by Crippen LogP contribution is -2.34. The van der Waals surface area contributed by atoms with Crippen LogP contribution in [-0.2, 0) is 14.3 Å². The van der Waals surface area contributed by atoms with E-state index < -0.39 is 6.04 Å². The van der Waals surface area contributed by atoms with E-state index >= 15 is 0 Å². The van der Waals surface area contributed by atoms with Crippen LogP contribution >= 0.6 is 11.8 Å². The average Bonchev–Trinajstić information content (AvgIpc) is 2.21. The fraction of sp³-hybridized carbons (Fsp3) is 0.889. The lowest BCUT2D eigenvalue weighted by Gasteiger charge is -2.13. The second-order valence-electron chi connectivity index (χ2n) is 3.06. The van der Waals surface area contributed by atoms with Crippen LogP contribution < -0.4 is 5.73 Å². The molecule has 0 spiro atoms. The number of methoxy groups -OCH3 is 2. The molecule has 2 unspecified atom stereocenters. The number of carbonyl (C=O) groups excluding carboxylic acids is 1. The second-order valence-corrected chi connectivity index (χ2v) is 4.53. The molecule has 2 N–H and O–H groups in total. The van der Waals surface area contributed by atoms with E-state index in [0.29, 0.717) is 11.0 Å². The average molecular weight is 221 g/mol. The summed E-state index contributed by atoms with van der Waals surface area (Å²) in [5.41, 5.74) is 5.58. The van der Waals surface area contributed by atoms with Crippen molar-refractivity contribution >= 4 is 17.7 Å². The van der Waals surface area contributed by atoms with E-state index in [1.807, 2.05) is 0 Å². The Kier molecular flexibility index (Phi) is 7.93. The number of carbonyl (C=O) groups is 1. The molecule has 0 amide bonds. The smallest absolute Gasteiger partial charge is 0.323 e. The van der Waals surface area contributed by atoms with Crippen LogP contribution in [0.5, 0.6) is 0 Å². The molecule has 0 aromatic heterocycles. The van der Waals surface area contributed by atoms with Crippen LogP contribution in [0.4, 0.5) is 0 Å². The van der Waals surface area contributed by atoms with Crippen LogP contribution in [0.3, 0.4) is 0 Å². The number of ether oxygens (including phenoxy) is 2. The molecular weight excluding hydrogens is 202 g/mol. The van der Waals surface area contributed by atoms with Gasteiger partial charge in [0.25, 0.3) is 0 Å². The number of hydrogen-bond acceptors (Lipinski definition) is 5. The van der Waals surface area contributed by atoms with E-state index in [-0.39, 0.29) is 5.97 Å². The maximum atomic E-state index is 11.0. The van der Waals surface area contributed by atoms with Crippen molar-refractivity contribution in [3.05, 3.63) is 0 Å². The van der Waals surface area contributed by atoms with E-state index in [1.165, 1.54) is 7.11 Å². The minimum Gasteiger partial charge on any atom is -0.468 e. The first-order valence-electron chi connectivity index (χ1n) is 4.55. The first kappa shape index (κ1) is 13.7. The molecule has 0 heterocycles. The number of hydrogen-bond donors (Lipinski definition) is 1. The van der Waals surface area contributed by atoms with Gasteiger partial charge in [-0.3, -0.25) is 4.79 Å². The van der Waals surface area contributed by atoms with Gasteiger partial charge in [0, 0.05) is 24.7 Å². The molecule has 0 saturated heterocycles. The summed E-state index contributed by atoms with van der Waals surface area (Å²) in [6.45, 7) is 2.83. The van der Waals surface area contributed by atoms with Crippen LogP contribution in [0.15, 0.2) is 0 Å². The van der Waals surface area contributed by atoms with Crippen molar-refractivity contribution in [2.45, 2.75) is 24.6 Å². The van der Waals surface area contributed by atoms with Crippen LogP contribution in [-0.4, -0.2) is 43.8 Å². The third-order valence-corrected chi connectivity index (χ3v) is 3.15. The van der Waals surface area contributed by atoms with Crippen molar-refractivity contribution in [3.63, 3.8) is 0 Å². The topological polar surface area (TPSA) is 61.5 Å². The molecule has 0 rings (SSSR count). The van der Waals surface area contributed by atoms with Crippen molar-refractivity contribution in [2.24, 2.45) is 5.73 Å². The van der Waals surface area contributed by atoms with Crippen LogP contribution in [0, 0.1) is 0 Å². The Hall–Kier alpha value is -0.260. The zero-order valence-electron chi connectivity index (χ0n) is 8.99. The maximum Gasteiger partial charge on any atom is 0.323 e. The third kappa shape index (κ3) is 6.23. The van der Waals surface area contributed by atoms with Gasteiger partial charge in [-0.1, -0.05) is 6.92 Å². The Morgan fingerprint density at radius 3 is 2.64 bits per heavy atom. The van der Waals surface area contributed by atoms with Crippen molar-refractivity contribution in [2.75, 3.05) is 26.6 Å². The normalized spacial score (nSPS) is 14.9. The van der Waals surface area contributed by atoms with Crippen LogP contribution in [0.2, 0.25) is 0 Å². The first-order chi connectivity index (χ1) is 6.61. The van der Waals surface area contributed by atoms with Gasteiger partial charge < -0.3 is 15.2 Å².